The van der Waals surface area contributed by atoms with Crippen LogP contribution in [0.15, 0.2) is 48.2 Å². The highest BCUT2D eigenvalue weighted by Gasteiger charge is 2.39. The Hall–Kier alpha value is -3.59. The van der Waals surface area contributed by atoms with Gasteiger partial charge in [0.25, 0.3) is 0 Å². The zero-order valence-electron chi connectivity index (χ0n) is 19.6. The van der Waals surface area contributed by atoms with Crippen LogP contribution in [0.5, 0.6) is 0 Å². The van der Waals surface area contributed by atoms with Gasteiger partial charge in [0.15, 0.2) is 5.69 Å². The molecule has 5 nitrogen and oxygen atoms in total. The monoisotopic (exact) mass is 538 g/mol. The molecule has 3 heterocycles. The number of aromatic nitrogens is 2. The highest BCUT2D eigenvalue weighted by Crippen LogP contribution is 2.45. The Morgan fingerprint density at radius 3 is 2.51 bits per heavy atom. The average molecular weight is 539 g/mol. The van der Waals surface area contributed by atoms with Gasteiger partial charge in [-0.25, -0.2) is 4.85 Å². The molecule has 0 aliphatic carbocycles. The fourth-order valence-corrected chi connectivity index (χ4v) is 5.31. The number of halogens is 6. The Morgan fingerprint density at radius 1 is 1.19 bits per heavy atom. The summed E-state index contributed by atoms with van der Waals surface area (Å²) in [5.74, 6) is -1.53. The highest BCUT2D eigenvalue weighted by molar-refractivity contribution is 7.16. The first kappa shape index (κ1) is 26.5. The fourth-order valence-electron chi connectivity index (χ4n) is 4.29. The lowest BCUT2D eigenvalue weighted by Gasteiger charge is -2.34. The van der Waals surface area contributed by atoms with Crippen LogP contribution in [0.4, 0.5) is 31.3 Å². The van der Waals surface area contributed by atoms with Crippen LogP contribution in [0.3, 0.4) is 0 Å². The van der Waals surface area contributed by atoms with E-state index in [-0.39, 0.29) is 30.8 Å². The minimum atomic E-state index is -4.72. The molecule has 1 amide bonds. The standard InChI is InChI=1S/C25H20F6N4OS/c1-4-35-12-19(23(33-35)25(29,30)31)16-8-6-5-7-15(16)18-11-34(22(36)9-14(2)24(26,27)28)13-20-17(18)10-21(32-3)37-20/h5-10,12,18H,4,11,13H2,1-2H3/b14-9+/t18-/m0/s1. The lowest BCUT2D eigenvalue weighted by molar-refractivity contribution is -0.141. The summed E-state index contributed by atoms with van der Waals surface area (Å²) in [5, 5.41) is 4.02. The molecule has 0 spiro atoms. The normalized spacial score (nSPS) is 16.5. The summed E-state index contributed by atoms with van der Waals surface area (Å²) in [6, 6.07) is 8.02. The number of carbonyl (C=O) groups is 1. The predicted molar refractivity (Wildman–Crippen MR) is 126 cm³/mol. The number of fused-ring (bicyclic) bond motifs is 1. The number of rotatable bonds is 4. The molecule has 0 unspecified atom stereocenters. The van der Waals surface area contributed by atoms with E-state index in [1.54, 1.807) is 31.2 Å². The van der Waals surface area contributed by atoms with Crippen LogP contribution in [-0.4, -0.2) is 33.3 Å². The molecule has 0 bridgehead atoms. The molecule has 37 heavy (non-hydrogen) atoms. The molecule has 4 rings (SSSR count). The Bertz CT molecular complexity index is 1410. The van der Waals surface area contributed by atoms with Gasteiger partial charge in [0.05, 0.1) is 13.1 Å². The summed E-state index contributed by atoms with van der Waals surface area (Å²) in [4.78, 5) is 18.1. The maximum absolute atomic E-state index is 13.9. The number of alkyl halides is 6. The third kappa shape index (κ3) is 5.27. The molecule has 0 N–H and O–H groups in total. The van der Waals surface area contributed by atoms with Gasteiger partial charge in [-0.3, -0.25) is 9.48 Å². The van der Waals surface area contributed by atoms with Gasteiger partial charge in [-0.05, 0) is 36.6 Å². The number of nitrogens with zero attached hydrogens (tertiary/aromatic N) is 4. The van der Waals surface area contributed by atoms with Gasteiger partial charge in [-0.15, -0.1) is 0 Å². The molecular weight excluding hydrogens is 518 g/mol. The van der Waals surface area contributed by atoms with E-state index in [0.29, 0.717) is 27.1 Å². The average Bonchev–Trinajstić information content (AvgIpc) is 3.47. The smallest absolute Gasteiger partial charge is 0.333 e. The van der Waals surface area contributed by atoms with Crippen molar-refractivity contribution >= 4 is 22.2 Å². The minimum Gasteiger partial charge on any atom is -0.333 e. The molecule has 12 heteroatoms. The van der Waals surface area contributed by atoms with Gasteiger partial charge in [0.2, 0.25) is 10.9 Å². The van der Waals surface area contributed by atoms with Gasteiger partial charge >= 0.3 is 12.4 Å². The number of hydrogen-bond acceptors (Lipinski definition) is 3. The van der Waals surface area contributed by atoms with Gasteiger partial charge < -0.3 is 4.90 Å². The quantitative estimate of drug-likeness (QED) is 0.201. The zero-order valence-corrected chi connectivity index (χ0v) is 20.4. The van der Waals surface area contributed by atoms with Crippen molar-refractivity contribution in [3.05, 3.63) is 81.3 Å². The number of amides is 1. The van der Waals surface area contributed by atoms with Crippen LogP contribution < -0.4 is 0 Å². The van der Waals surface area contributed by atoms with Crippen molar-refractivity contribution in [1.82, 2.24) is 14.7 Å². The second-order valence-corrected chi connectivity index (χ2v) is 9.62. The van der Waals surface area contributed by atoms with E-state index in [2.05, 4.69) is 9.94 Å². The number of carbonyl (C=O) groups excluding carboxylic acids is 1. The second-order valence-electron chi connectivity index (χ2n) is 8.50. The van der Waals surface area contributed by atoms with E-state index >= 15 is 0 Å². The van der Waals surface area contributed by atoms with Gasteiger partial charge in [0, 0.05) is 47.3 Å². The Morgan fingerprint density at radius 2 is 1.89 bits per heavy atom. The first-order valence-electron chi connectivity index (χ1n) is 11.1. The predicted octanol–water partition coefficient (Wildman–Crippen LogP) is 7.18. The van der Waals surface area contributed by atoms with Crippen LogP contribution in [0, 0.1) is 6.57 Å². The molecule has 1 atom stereocenters. The van der Waals surface area contributed by atoms with Gasteiger partial charge in [-0.1, -0.05) is 24.3 Å². The molecule has 1 aliphatic heterocycles. The van der Waals surface area contributed by atoms with Gasteiger partial charge in [0.1, 0.15) is 0 Å². The van der Waals surface area contributed by atoms with Crippen LogP contribution in [0.2, 0.25) is 0 Å². The summed E-state index contributed by atoms with van der Waals surface area (Å²) in [7, 11) is 0. The van der Waals surface area contributed by atoms with Crippen molar-refractivity contribution in [3.63, 3.8) is 0 Å². The summed E-state index contributed by atoms with van der Waals surface area (Å²) >= 11 is 1.11. The van der Waals surface area contributed by atoms with E-state index in [9.17, 15) is 31.1 Å². The molecular formula is C25H20F6N4OS. The number of thiophene rings is 1. The molecule has 0 saturated heterocycles. The topological polar surface area (TPSA) is 42.5 Å². The number of benzene rings is 1. The third-order valence-corrected chi connectivity index (χ3v) is 7.16. The lowest BCUT2D eigenvalue weighted by Crippen LogP contribution is -2.37. The molecule has 1 aromatic carbocycles. The van der Waals surface area contributed by atoms with Gasteiger partial charge in [-0.2, -0.15) is 42.8 Å². The number of allylic oxidation sites excluding steroid dienone is 1. The maximum atomic E-state index is 13.9. The van der Waals surface area contributed by atoms with Crippen molar-refractivity contribution in [2.75, 3.05) is 6.54 Å². The molecule has 0 fully saturated rings. The Balaban J connectivity index is 1.85. The first-order chi connectivity index (χ1) is 17.3. The van der Waals surface area contributed by atoms with Crippen molar-refractivity contribution in [3.8, 4) is 11.1 Å². The molecule has 0 radical (unpaired) electrons. The molecule has 0 saturated carbocycles. The summed E-state index contributed by atoms with van der Waals surface area (Å²) in [6.07, 6.45) is -7.56. The van der Waals surface area contributed by atoms with Crippen LogP contribution in [-0.2, 0) is 24.1 Å². The Labute approximate surface area is 212 Å². The summed E-state index contributed by atoms with van der Waals surface area (Å²) < 4.78 is 81.9. The molecule has 3 aromatic rings. The number of hydrogen-bond donors (Lipinski definition) is 0. The Kier molecular flexibility index (Phi) is 6.94. The SMILES string of the molecule is [C-]#[N+]c1cc2c(s1)CN(C(=O)/C=C(\C)C(F)(F)F)C[C@H]2c1ccccc1-c1cn(CC)nc1C(F)(F)F. The van der Waals surface area contributed by atoms with Crippen molar-refractivity contribution < 1.29 is 31.1 Å². The van der Waals surface area contributed by atoms with Crippen molar-refractivity contribution in [2.45, 2.75) is 45.2 Å². The lowest BCUT2D eigenvalue weighted by atomic mass is 9.83. The van der Waals surface area contributed by atoms with Crippen LogP contribution in [0.25, 0.3) is 16.0 Å². The largest absolute Gasteiger partial charge is 0.435 e. The number of aryl methyl sites for hydroxylation is 1. The van der Waals surface area contributed by atoms with E-state index in [0.717, 1.165) is 18.3 Å². The molecule has 2 aromatic heterocycles. The third-order valence-electron chi connectivity index (χ3n) is 6.13. The van der Waals surface area contributed by atoms with Crippen molar-refractivity contribution in [1.29, 1.82) is 0 Å². The van der Waals surface area contributed by atoms with E-state index in [4.69, 9.17) is 6.57 Å². The van der Waals surface area contributed by atoms with E-state index in [1.165, 1.54) is 21.8 Å². The summed E-state index contributed by atoms with van der Waals surface area (Å²) in [5.41, 5.74) is -0.883. The minimum absolute atomic E-state index is 0.00374. The fraction of sp³-hybridized carbons (Fsp3) is 0.320. The van der Waals surface area contributed by atoms with Crippen LogP contribution in [0.1, 0.15) is 41.5 Å². The second kappa shape index (κ2) is 9.70. The maximum Gasteiger partial charge on any atom is 0.435 e. The summed E-state index contributed by atoms with van der Waals surface area (Å²) in [6.45, 7) is 9.97. The first-order valence-corrected chi connectivity index (χ1v) is 11.9. The molecule has 194 valence electrons. The van der Waals surface area contributed by atoms with E-state index in [1.807, 2.05) is 0 Å². The van der Waals surface area contributed by atoms with Crippen molar-refractivity contribution in [2.24, 2.45) is 0 Å². The van der Waals surface area contributed by atoms with Crippen LogP contribution >= 0.6 is 11.3 Å². The zero-order chi connectivity index (χ0) is 27.1. The molecule has 1 aliphatic rings. The van der Waals surface area contributed by atoms with E-state index < -0.39 is 35.4 Å². The highest BCUT2D eigenvalue weighted by atomic mass is 32.1.